The van der Waals surface area contributed by atoms with E-state index < -0.39 is 18.0 Å². The summed E-state index contributed by atoms with van der Waals surface area (Å²) < 4.78 is 33.5. The van der Waals surface area contributed by atoms with Crippen LogP contribution in [0.1, 0.15) is 44.5 Å². The molecule has 1 amide bonds. The quantitative estimate of drug-likeness (QED) is 0.480. The average Bonchev–Trinajstić information content (AvgIpc) is 3.65. The van der Waals surface area contributed by atoms with Crippen molar-refractivity contribution < 1.29 is 28.5 Å². The molecule has 3 saturated heterocycles. The summed E-state index contributed by atoms with van der Waals surface area (Å²) in [6.45, 7) is 5.36. The summed E-state index contributed by atoms with van der Waals surface area (Å²) in [6.07, 6.45) is 0.635. The molecular weight excluding hydrogens is 531 g/mol. The van der Waals surface area contributed by atoms with Gasteiger partial charge in [-0.1, -0.05) is 11.6 Å². The fourth-order valence-corrected chi connectivity index (χ4v) is 5.94. The molecule has 3 fully saturated rings. The number of rotatable bonds is 5. The lowest BCUT2D eigenvalue weighted by atomic mass is 10.0. The van der Waals surface area contributed by atoms with Gasteiger partial charge in [-0.3, -0.25) is 0 Å². The van der Waals surface area contributed by atoms with E-state index in [-0.39, 0.29) is 46.9 Å². The second-order valence-electron chi connectivity index (χ2n) is 10.5. The third kappa shape index (κ3) is 4.69. The number of ether oxygens (including phenoxy) is 3. The van der Waals surface area contributed by atoms with Crippen LogP contribution in [0.5, 0.6) is 0 Å². The fourth-order valence-electron chi connectivity index (χ4n) is 5.74. The maximum Gasteiger partial charge on any atom is 0.409 e. The predicted molar refractivity (Wildman–Crippen MR) is 140 cm³/mol. The van der Waals surface area contributed by atoms with Crippen LogP contribution in [0, 0.1) is 5.82 Å². The number of imidazole rings is 1. The smallest absolute Gasteiger partial charge is 0.409 e. The van der Waals surface area contributed by atoms with Gasteiger partial charge in [-0.25, -0.2) is 24.1 Å². The van der Waals surface area contributed by atoms with Gasteiger partial charge in [0.1, 0.15) is 23.5 Å². The molecule has 3 aliphatic heterocycles. The van der Waals surface area contributed by atoms with Crippen LogP contribution in [0.3, 0.4) is 0 Å². The van der Waals surface area contributed by atoms with Crippen LogP contribution >= 0.6 is 11.6 Å². The third-order valence-electron chi connectivity index (χ3n) is 7.62. The van der Waals surface area contributed by atoms with Gasteiger partial charge < -0.3 is 34.1 Å². The van der Waals surface area contributed by atoms with Gasteiger partial charge in [0.15, 0.2) is 12.1 Å². The maximum atomic E-state index is 15.6. The molecule has 3 aliphatic rings. The van der Waals surface area contributed by atoms with Crippen molar-refractivity contribution in [1.29, 1.82) is 0 Å². The molecule has 11 nitrogen and oxygen atoms in total. The number of benzene rings is 1. The van der Waals surface area contributed by atoms with Gasteiger partial charge in [-0.15, -0.1) is 0 Å². The number of fused-ring (bicyclic) bond motifs is 3. The van der Waals surface area contributed by atoms with Crippen molar-refractivity contribution in [3.05, 3.63) is 35.0 Å². The Bertz CT molecular complexity index is 1420. The minimum Gasteiger partial charge on any atom is -0.453 e. The summed E-state index contributed by atoms with van der Waals surface area (Å²) in [5.41, 5.74) is 1.70. The van der Waals surface area contributed by atoms with Gasteiger partial charge in [0.05, 0.1) is 42.2 Å². The number of nitrogens with one attached hydrogen (secondary N) is 1. The van der Waals surface area contributed by atoms with Crippen LogP contribution in [0.4, 0.5) is 15.1 Å². The normalized spacial score (nSPS) is 26.5. The molecular formula is C26H30ClFN6O5. The molecule has 0 aliphatic carbocycles. The Hall–Kier alpha value is -3.06. The molecule has 6 rings (SSSR count). The third-order valence-corrected chi connectivity index (χ3v) is 7.90. The number of likely N-dealkylation sites (tertiary alicyclic amines) is 1. The van der Waals surface area contributed by atoms with Crippen molar-refractivity contribution in [2.45, 2.75) is 63.2 Å². The monoisotopic (exact) mass is 560 g/mol. The SMILES string of the molecule is COC(=O)N1CC[C@@H](c2nc3c(F)cc(-c4nc(N[C@@H]5C[C@H]6OC[C@H](O6)[C@H]5O)ncc4Cl)cc3n2C(C)C)C1. The van der Waals surface area contributed by atoms with Gasteiger partial charge in [-0.2, -0.15) is 0 Å². The average molecular weight is 561 g/mol. The maximum absolute atomic E-state index is 15.6. The Balaban J connectivity index is 1.35. The van der Waals surface area contributed by atoms with E-state index in [1.54, 1.807) is 4.90 Å². The molecule has 5 heterocycles. The lowest BCUT2D eigenvalue weighted by Crippen LogP contribution is -2.48. The van der Waals surface area contributed by atoms with Crippen LogP contribution in [0.25, 0.3) is 22.3 Å². The molecule has 2 N–H and O–H groups in total. The van der Waals surface area contributed by atoms with Gasteiger partial charge in [0.2, 0.25) is 5.95 Å². The summed E-state index contributed by atoms with van der Waals surface area (Å²) in [6, 6.07) is 2.81. The van der Waals surface area contributed by atoms with Crippen LogP contribution < -0.4 is 5.32 Å². The van der Waals surface area contributed by atoms with Crippen molar-refractivity contribution in [2.75, 3.05) is 32.1 Å². The van der Waals surface area contributed by atoms with E-state index in [2.05, 4.69) is 15.3 Å². The van der Waals surface area contributed by atoms with Crippen molar-refractivity contribution in [1.82, 2.24) is 24.4 Å². The Morgan fingerprint density at radius 2 is 2.15 bits per heavy atom. The molecule has 1 aromatic carbocycles. The number of hydrogen-bond donors (Lipinski definition) is 2. The minimum atomic E-state index is -0.787. The Kier molecular flexibility index (Phi) is 6.82. The van der Waals surface area contributed by atoms with Crippen molar-refractivity contribution in [3.63, 3.8) is 0 Å². The zero-order valence-corrected chi connectivity index (χ0v) is 22.6. The number of carbonyl (C=O) groups excluding carboxylic acids is 1. The number of carbonyl (C=O) groups is 1. The number of halogens is 2. The number of anilines is 1. The van der Waals surface area contributed by atoms with Gasteiger partial charge in [0, 0.05) is 37.0 Å². The van der Waals surface area contributed by atoms with E-state index in [1.165, 1.54) is 19.4 Å². The standard InChI is InChI=1S/C26H30ClFN6O5/c1-12(2)34-18-7-14(6-16(28)22(18)31-24(34)13-4-5-33(10-13)26(36)37-3)21-15(27)9-29-25(32-21)30-17-8-20-38-11-19(39-20)23(17)35/h6-7,9,12-13,17,19-20,23,35H,4-5,8,10-11H2,1-3H3,(H,29,30,32)/t13-,17-,19+,20+,23+/m1/s1. The van der Waals surface area contributed by atoms with E-state index in [4.69, 9.17) is 30.8 Å². The highest BCUT2D eigenvalue weighted by molar-refractivity contribution is 6.33. The first kappa shape index (κ1) is 26.2. The van der Waals surface area contributed by atoms with Gasteiger partial charge >= 0.3 is 6.09 Å². The van der Waals surface area contributed by atoms with E-state index >= 15 is 4.39 Å². The summed E-state index contributed by atoms with van der Waals surface area (Å²) in [5.74, 6) is 0.435. The number of aliphatic hydroxyl groups is 1. The van der Waals surface area contributed by atoms with E-state index in [0.29, 0.717) is 49.3 Å². The molecule has 0 radical (unpaired) electrons. The lowest BCUT2D eigenvalue weighted by molar-refractivity contribution is -0.123. The molecule has 208 valence electrons. The summed E-state index contributed by atoms with van der Waals surface area (Å²) >= 11 is 6.50. The first-order valence-corrected chi connectivity index (χ1v) is 13.4. The number of hydrogen-bond acceptors (Lipinski definition) is 9. The van der Waals surface area contributed by atoms with E-state index in [9.17, 15) is 9.90 Å². The first-order chi connectivity index (χ1) is 18.7. The Morgan fingerprint density at radius 1 is 1.33 bits per heavy atom. The van der Waals surface area contributed by atoms with Crippen LogP contribution in [0.15, 0.2) is 18.3 Å². The minimum absolute atomic E-state index is 0.0162. The number of aromatic nitrogens is 4. The number of aliphatic hydroxyl groups excluding tert-OH is 1. The molecule has 39 heavy (non-hydrogen) atoms. The summed E-state index contributed by atoms with van der Waals surface area (Å²) in [4.78, 5) is 27.2. The van der Waals surface area contributed by atoms with Gasteiger partial charge in [0.25, 0.3) is 0 Å². The van der Waals surface area contributed by atoms with Crippen molar-refractivity contribution in [3.8, 4) is 11.3 Å². The molecule has 2 bridgehead atoms. The topological polar surface area (TPSA) is 124 Å². The number of methoxy groups -OCH3 is 1. The van der Waals surface area contributed by atoms with Crippen LogP contribution in [0.2, 0.25) is 5.02 Å². The zero-order valence-electron chi connectivity index (χ0n) is 21.8. The van der Waals surface area contributed by atoms with Crippen LogP contribution in [-0.2, 0) is 14.2 Å². The lowest BCUT2D eigenvalue weighted by Gasteiger charge is -2.32. The van der Waals surface area contributed by atoms with Crippen LogP contribution in [-0.4, -0.2) is 87.0 Å². The highest BCUT2D eigenvalue weighted by atomic mass is 35.5. The highest BCUT2D eigenvalue weighted by Gasteiger charge is 2.43. The summed E-state index contributed by atoms with van der Waals surface area (Å²) in [5, 5.41) is 14.0. The molecule has 13 heteroatoms. The highest BCUT2D eigenvalue weighted by Crippen LogP contribution is 2.36. The molecule has 0 unspecified atom stereocenters. The Labute approximate surface area is 229 Å². The second-order valence-corrected chi connectivity index (χ2v) is 10.9. The second kappa shape index (κ2) is 10.2. The fraction of sp³-hybridized carbons (Fsp3) is 0.538. The molecule has 2 aromatic heterocycles. The predicted octanol–water partition coefficient (Wildman–Crippen LogP) is 3.71. The van der Waals surface area contributed by atoms with Crippen molar-refractivity contribution in [2.24, 2.45) is 0 Å². The zero-order chi connectivity index (χ0) is 27.4. The van der Waals surface area contributed by atoms with E-state index in [1.807, 2.05) is 24.5 Å². The molecule has 3 aromatic rings. The summed E-state index contributed by atoms with van der Waals surface area (Å²) in [7, 11) is 1.36. The Morgan fingerprint density at radius 3 is 2.92 bits per heavy atom. The molecule has 0 spiro atoms. The number of nitrogens with zero attached hydrogens (tertiary/aromatic N) is 5. The number of amides is 1. The van der Waals surface area contributed by atoms with Crippen molar-refractivity contribution >= 4 is 34.7 Å². The van der Waals surface area contributed by atoms with Gasteiger partial charge in [-0.05, 0) is 32.4 Å². The first-order valence-electron chi connectivity index (χ1n) is 13.0. The largest absolute Gasteiger partial charge is 0.453 e. The molecule has 0 saturated carbocycles. The molecule has 5 atom stereocenters. The van der Waals surface area contributed by atoms with E-state index in [0.717, 1.165) is 5.82 Å².